The summed E-state index contributed by atoms with van der Waals surface area (Å²) in [7, 11) is 0. The normalized spacial score (nSPS) is 16.2. The van der Waals surface area contributed by atoms with E-state index in [1.165, 1.54) is 5.56 Å². The lowest BCUT2D eigenvalue weighted by molar-refractivity contribution is 0.222. The van der Waals surface area contributed by atoms with E-state index in [1.54, 1.807) is 0 Å². The maximum atomic E-state index is 12.2. The van der Waals surface area contributed by atoms with Gasteiger partial charge < -0.3 is 10.2 Å². The van der Waals surface area contributed by atoms with Gasteiger partial charge in [-0.25, -0.2) is 4.79 Å². The van der Waals surface area contributed by atoms with Crippen molar-refractivity contribution in [3.05, 3.63) is 59.7 Å². The van der Waals surface area contributed by atoms with Crippen molar-refractivity contribution in [3.63, 3.8) is 0 Å². The first-order chi connectivity index (χ1) is 11.3. The summed E-state index contributed by atoms with van der Waals surface area (Å²) < 4.78 is 0. The standard InChI is InChI=1S/C19H19N3O/c23-19(22-10-4-5-11-22)20-16-9-8-15-12-17(21-18(15)13-16)14-6-2-1-3-7-14/h1-3,6-9,13H,4-5,10-12H2,(H,20,23). The number of hydrogen-bond donors (Lipinski definition) is 1. The molecule has 0 aromatic heterocycles. The number of urea groups is 1. The van der Waals surface area contributed by atoms with E-state index in [0.717, 1.165) is 55.0 Å². The average molecular weight is 305 g/mol. The molecule has 0 radical (unpaired) electrons. The van der Waals surface area contributed by atoms with Crippen LogP contribution in [0.15, 0.2) is 53.5 Å². The second-order valence-corrected chi connectivity index (χ2v) is 6.07. The fourth-order valence-electron chi connectivity index (χ4n) is 3.18. The highest BCUT2D eigenvalue weighted by Crippen LogP contribution is 2.31. The largest absolute Gasteiger partial charge is 0.325 e. The van der Waals surface area contributed by atoms with Gasteiger partial charge in [-0.2, -0.15) is 0 Å². The van der Waals surface area contributed by atoms with Gasteiger partial charge in [0.05, 0.1) is 11.4 Å². The van der Waals surface area contributed by atoms with E-state index in [0.29, 0.717) is 0 Å². The van der Waals surface area contributed by atoms with E-state index in [9.17, 15) is 4.79 Å². The molecular weight excluding hydrogens is 286 g/mol. The molecule has 2 aliphatic heterocycles. The Labute approximate surface area is 135 Å². The molecule has 1 saturated heterocycles. The summed E-state index contributed by atoms with van der Waals surface area (Å²) in [6.07, 6.45) is 3.05. The summed E-state index contributed by atoms with van der Waals surface area (Å²) in [6, 6.07) is 16.2. The van der Waals surface area contributed by atoms with Crippen LogP contribution >= 0.6 is 0 Å². The van der Waals surface area contributed by atoms with Crippen LogP contribution in [0, 0.1) is 0 Å². The van der Waals surface area contributed by atoms with Crippen molar-refractivity contribution in [3.8, 4) is 0 Å². The SMILES string of the molecule is O=C(Nc1ccc2c(c1)N=C(c1ccccc1)C2)N1CCCC1. The number of amides is 2. The molecule has 0 aliphatic carbocycles. The average Bonchev–Trinajstić information content (AvgIpc) is 3.25. The lowest BCUT2D eigenvalue weighted by Gasteiger charge is -2.16. The van der Waals surface area contributed by atoms with Crippen LogP contribution in [0.4, 0.5) is 16.2 Å². The third-order valence-corrected chi connectivity index (χ3v) is 4.45. The molecule has 0 unspecified atom stereocenters. The smallest absolute Gasteiger partial charge is 0.321 e. The highest BCUT2D eigenvalue weighted by atomic mass is 16.2. The molecule has 4 heteroatoms. The number of benzene rings is 2. The van der Waals surface area contributed by atoms with Crippen LogP contribution in [0.3, 0.4) is 0 Å². The van der Waals surface area contributed by atoms with Gasteiger partial charge in [-0.05, 0) is 36.1 Å². The van der Waals surface area contributed by atoms with Gasteiger partial charge in [-0.3, -0.25) is 4.99 Å². The van der Waals surface area contributed by atoms with Crippen LogP contribution in [-0.4, -0.2) is 29.7 Å². The second-order valence-electron chi connectivity index (χ2n) is 6.07. The molecule has 2 aromatic rings. The number of likely N-dealkylation sites (tertiary alicyclic amines) is 1. The third-order valence-electron chi connectivity index (χ3n) is 4.45. The molecular formula is C19H19N3O. The Bertz CT molecular complexity index is 761. The second kappa shape index (κ2) is 5.88. The minimum atomic E-state index is -0.00675. The van der Waals surface area contributed by atoms with Gasteiger partial charge in [0.1, 0.15) is 0 Å². The lowest BCUT2D eigenvalue weighted by atomic mass is 10.0. The molecule has 4 rings (SSSR count). The number of anilines is 1. The molecule has 2 heterocycles. The fraction of sp³-hybridized carbons (Fsp3) is 0.263. The molecule has 116 valence electrons. The summed E-state index contributed by atoms with van der Waals surface area (Å²) in [4.78, 5) is 18.8. The van der Waals surface area contributed by atoms with Gasteiger partial charge in [0.25, 0.3) is 0 Å². The number of fused-ring (bicyclic) bond motifs is 1. The highest BCUT2D eigenvalue weighted by Gasteiger charge is 2.19. The summed E-state index contributed by atoms with van der Waals surface area (Å²) in [5.74, 6) is 0. The van der Waals surface area contributed by atoms with Crippen molar-refractivity contribution < 1.29 is 4.79 Å². The minimum absolute atomic E-state index is 0.00675. The number of nitrogens with one attached hydrogen (secondary N) is 1. The van der Waals surface area contributed by atoms with Gasteiger partial charge in [-0.15, -0.1) is 0 Å². The molecule has 23 heavy (non-hydrogen) atoms. The summed E-state index contributed by atoms with van der Waals surface area (Å²) >= 11 is 0. The zero-order chi connectivity index (χ0) is 15.6. The zero-order valence-electron chi connectivity index (χ0n) is 13.0. The van der Waals surface area contributed by atoms with Crippen molar-refractivity contribution in [1.82, 2.24) is 4.90 Å². The van der Waals surface area contributed by atoms with Gasteiger partial charge in [0.2, 0.25) is 0 Å². The molecule has 2 aromatic carbocycles. The summed E-state index contributed by atoms with van der Waals surface area (Å²) in [5, 5.41) is 2.99. The first-order valence-electron chi connectivity index (χ1n) is 8.11. The van der Waals surface area contributed by atoms with Gasteiger partial charge >= 0.3 is 6.03 Å². The Morgan fingerprint density at radius 3 is 2.61 bits per heavy atom. The molecule has 1 N–H and O–H groups in total. The zero-order valence-corrected chi connectivity index (χ0v) is 13.0. The van der Waals surface area contributed by atoms with E-state index in [1.807, 2.05) is 35.2 Å². The Morgan fingerprint density at radius 2 is 1.83 bits per heavy atom. The first kappa shape index (κ1) is 14.0. The fourth-order valence-corrected chi connectivity index (χ4v) is 3.18. The van der Waals surface area contributed by atoms with Crippen molar-refractivity contribution in [2.75, 3.05) is 18.4 Å². The number of carbonyl (C=O) groups is 1. The maximum Gasteiger partial charge on any atom is 0.321 e. The van der Waals surface area contributed by atoms with Crippen molar-refractivity contribution in [1.29, 1.82) is 0 Å². The van der Waals surface area contributed by atoms with Crippen molar-refractivity contribution >= 4 is 23.1 Å². The van der Waals surface area contributed by atoms with E-state index in [4.69, 9.17) is 4.99 Å². The Hall–Kier alpha value is -2.62. The molecule has 1 fully saturated rings. The van der Waals surface area contributed by atoms with Crippen LogP contribution in [-0.2, 0) is 6.42 Å². The maximum absolute atomic E-state index is 12.2. The third kappa shape index (κ3) is 2.84. The van der Waals surface area contributed by atoms with E-state index in [-0.39, 0.29) is 6.03 Å². The number of hydrogen-bond acceptors (Lipinski definition) is 2. The molecule has 0 spiro atoms. The number of carbonyl (C=O) groups excluding carboxylic acids is 1. The van der Waals surface area contributed by atoms with Crippen molar-refractivity contribution in [2.24, 2.45) is 4.99 Å². The predicted octanol–water partition coefficient (Wildman–Crippen LogP) is 3.99. The summed E-state index contributed by atoms with van der Waals surface area (Å²) in [5.41, 5.74) is 5.24. The van der Waals surface area contributed by atoms with Crippen LogP contribution < -0.4 is 5.32 Å². The number of aliphatic imine (C=N–C) groups is 1. The Morgan fingerprint density at radius 1 is 1.04 bits per heavy atom. The molecule has 0 bridgehead atoms. The van der Waals surface area contributed by atoms with E-state index in [2.05, 4.69) is 23.5 Å². The van der Waals surface area contributed by atoms with Crippen LogP contribution in [0.1, 0.15) is 24.0 Å². The Balaban J connectivity index is 1.53. The highest BCUT2D eigenvalue weighted by molar-refractivity contribution is 6.06. The van der Waals surface area contributed by atoms with Gasteiger partial charge in [0, 0.05) is 25.2 Å². The van der Waals surface area contributed by atoms with Crippen LogP contribution in [0.2, 0.25) is 0 Å². The van der Waals surface area contributed by atoms with Crippen LogP contribution in [0.25, 0.3) is 0 Å². The van der Waals surface area contributed by atoms with Crippen molar-refractivity contribution in [2.45, 2.75) is 19.3 Å². The number of nitrogens with zero attached hydrogens (tertiary/aromatic N) is 2. The van der Waals surface area contributed by atoms with E-state index < -0.39 is 0 Å². The molecule has 0 saturated carbocycles. The molecule has 0 atom stereocenters. The minimum Gasteiger partial charge on any atom is -0.325 e. The first-order valence-corrected chi connectivity index (χ1v) is 8.11. The van der Waals surface area contributed by atoms with Gasteiger partial charge in [-0.1, -0.05) is 36.4 Å². The van der Waals surface area contributed by atoms with E-state index >= 15 is 0 Å². The quantitative estimate of drug-likeness (QED) is 0.895. The predicted molar refractivity (Wildman–Crippen MR) is 92.6 cm³/mol. The van der Waals surface area contributed by atoms with Gasteiger partial charge in [0.15, 0.2) is 0 Å². The molecule has 2 aliphatic rings. The topological polar surface area (TPSA) is 44.7 Å². The monoisotopic (exact) mass is 305 g/mol. The van der Waals surface area contributed by atoms with Crippen LogP contribution in [0.5, 0.6) is 0 Å². The summed E-state index contributed by atoms with van der Waals surface area (Å²) in [6.45, 7) is 1.71. The molecule has 4 nitrogen and oxygen atoms in total. The number of rotatable bonds is 2. The molecule has 2 amide bonds. The Kier molecular flexibility index (Phi) is 3.58. The lowest BCUT2D eigenvalue weighted by Crippen LogP contribution is -2.32.